The molecule has 4 aromatic rings. The zero-order valence-corrected chi connectivity index (χ0v) is 20.8. The van der Waals surface area contributed by atoms with Gasteiger partial charge in [0.05, 0.1) is 5.60 Å². The lowest BCUT2D eigenvalue weighted by Gasteiger charge is -2.43. The van der Waals surface area contributed by atoms with Crippen LogP contribution in [0.2, 0.25) is 0 Å². The lowest BCUT2D eigenvalue weighted by molar-refractivity contribution is -0.0477. The Morgan fingerprint density at radius 3 is 2.11 bits per heavy atom. The zero-order valence-electron chi connectivity index (χ0n) is 20.8. The van der Waals surface area contributed by atoms with Crippen molar-refractivity contribution in [2.24, 2.45) is 0 Å². The van der Waals surface area contributed by atoms with E-state index in [9.17, 15) is 9.90 Å². The molecule has 2 fully saturated rings. The van der Waals surface area contributed by atoms with E-state index >= 15 is 0 Å². The van der Waals surface area contributed by atoms with Crippen LogP contribution in [0.3, 0.4) is 0 Å². The Morgan fingerprint density at radius 1 is 0.811 bits per heavy atom. The standard InChI is InChI=1S/C33H31NO3/c35-32(37-21-31-29-14-5-3-12-27(29)28-13-4-6-15-30(28)31)34-24-16-17-25(34)20-33(36,19-24)18-23-10-7-9-22-8-1-2-11-26(22)23/h1-15,24-25,31,36H,16-21H2. The van der Waals surface area contributed by atoms with Gasteiger partial charge in [0, 0.05) is 24.4 Å². The minimum Gasteiger partial charge on any atom is -0.448 e. The molecule has 1 amide bonds. The highest BCUT2D eigenvalue weighted by atomic mass is 16.6. The van der Waals surface area contributed by atoms with E-state index < -0.39 is 5.60 Å². The summed E-state index contributed by atoms with van der Waals surface area (Å²) in [7, 11) is 0. The summed E-state index contributed by atoms with van der Waals surface area (Å²) in [6.45, 7) is 0.336. The number of hydrogen-bond acceptors (Lipinski definition) is 3. The third kappa shape index (κ3) is 3.82. The summed E-state index contributed by atoms with van der Waals surface area (Å²) in [6.07, 6.45) is 3.41. The lowest BCUT2D eigenvalue weighted by Crippen LogP contribution is -2.54. The molecule has 1 N–H and O–H groups in total. The summed E-state index contributed by atoms with van der Waals surface area (Å²) in [6, 6.07) is 31.5. The fourth-order valence-corrected chi connectivity index (χ4v) is 7.23. The lowest BCUT2D eigenvalue weighted by atomic mass is 9.80. The van der Waals surface area contributed by atoms with Crippen molar-refractivity contribution < 1.29 is 14.6 Å². The summed E-state index contributed by atoms with van der Waals surface area (Å²) in [4.78, 5) is 15.3. The fourth-order valence-electron chi connectivity index (χ4n) is 7.23. The Balaban J connectivity index is 1.07. The maximum atomic E-state index is 13.4. The quantitative estimate of drug-likeness (QED) is 0.347. The van der Waals surface area contributed by atoms with Crippen molar-refractivity contribution in [2.75, 3.05) is 6.61 Å². The van der Waals surface area contributed by atoms with Crippen LogP contribution in [-0.4, -0.2) is 40.4 Å². The van der Waals surface area contributed by atoms with Gasteiger partial charge in [-0.2, -0.15) is 0 Å². The van der Waals surface area contributed by atoms with Gasteiger partial charge >= 0.3 is 6.09 Å². The minimum absolute atomic E-state index is 0.0226. The van der Waals surface area contributed by atoms with Crippen molar-refractivity contribution in [2.45, 2.75) is 55.7 Å². The van der Waals surface area contributed by atoms with Crippen LogP contribution < -0.4 is 0 Å². The van der Waals surface area contributed by atoms with Crippen LogP contribution in [0.5, 0.6) is 0 Å². The van der Waals surface area contributed by atoms with Gasteiger partial charge in [-0.3, -0.25) is 0 Å². The molecule has 4 heteroatoms. The van der Waals surface area contributed by atoms with Crippen molar-refractivity contribution in [1.29, 1.82) is 0 Å². The van der Waals surface area contributed by atoms with Gasteiger partial charge in [0.15, 0.2) is 0 Å². The summed E-state index contributed by atoms with van der Waals surface area (Å²) < 4.78 is 6.01. The SMILES string of the molecule is O=C(OCC1c2ccccc2-c2ccccc21)N1C2CCC1CC(O)(Cc1cccc3ccccc13)C2. The van der Waals surface area contributed by atoms with Crippen LogP contribution >= 0.6 is 0 Å². The van der Waals surface area contributed by atoms with Gasteiger partial charge in [-0.05, 0) is 64.3 Å². The molecule has 0 spiro atoms. The number of carbonyl (C=O) groups excluding carboxylic acids is 1. The maximum absolute atomic E-state index is 13.4. The van der Waals surface area contributed by atoms with E-state index in [-0.39, 0.29) is 24.1 Å². The van der Waals surface area contributed by atoms with Crippen LogP contribution in [0.4, 0.5) is 4.79 Å². The second-order valence-electron chi connectivity index (χ2n) is 11.0. The number of nitrogens with zero attached hydrogens (tertiary/aromatic N) is 1. The van der Waals surface area contributed by atoms with E-state index in [4.69, 9.17) is 4.74 Å². The molecule has 1 aliphatic carbocycles. The fraction of sp³-hybridized carbons (Fsp3) is 0.303. The number of ether oxygens (including phenoxy) is 1. The molecule has 2 unspecified atom stereocenters. The van der Waals surface area contributed by atoms with Crippen molar-refractivity contribution in [3.05, 3.63) is 108 Å². The third-order valence-corrected chi connectivity index (χ3v) is 8.80. The Kier molecular flexibility index (Phi) is 5.33. The molecule has 0 aromatic heterocycles. The first kappa shape index (κ1) is 22.6. The molecule has 2 heterocycles. The summed E-state index contributed by atoms with van der Waals surface area (Å²) in [5.74, 6) is 0.0575. The average molecular weight is 490 g/mol. The molecule has 4 nitrogen and oxygen atoms in total. The van der Waals surface area contributed by atoms with Crippen LogP contribution in [0, 0.1) is 0 Å². The normalized spacial score (nSPS) is 24.2. The topological polar surface area (TPSA) is 49.8 Å². The summed E-state index contributed by atoms with van der Waals surface area (Å²) in [5, 5.41) is 14.1. The van der Waals surface area contributed by atoms with E-state index in [2.05, 4.69) is 84.9 Å². The van der Waals surface area contributed by atoms with Crippen molar-refractivity contribution in [1.82, 2.24) is 4.90 Å². The molecule has 2 saturated heterocycles. The van der Waals surface area contributed by atoms with E-state index in [1.165, 1.54) is 38.6 Å². The number of hydrogen-bond donors (Lipinski definition) is 1. The van der Waals surface area contributed by atoms with Gasteiger partial charge in [-0.15, -0.1) is 0 Å². The van der Waals surface area contributed by atoms with Gasteiger partial charge in [-0.25, -0.2) is 4.79 Å². The zero-order chi connectivity index (χ0) is 25.0. The summed E-state index contributed by atoms with van der Waals surface area (Å²) in [5.41, 5.74) is 5.28. The van der Waals surface area contributed by atoms with E-state index in [1.54, 1.807) is 0 Å². The van der Waals surface area contributed by atoms with Gasteiger partial charge in [-0.1, -0.05) is 91.0 Å². The van der Waals surface area contributed by atoms with Crippen LogP contribution in [0.15, 0.2) is 91.0 Å². The molecule has 0 saturated carbocycles. The number of amides is 1. The second-order valence-corrected chi connectivity index (χ2v) is 11.0. The van der Waals surface area contributed by atoms with Crippen LogP contribution in [0.25, 0.3) is 21.9 Å². The first-order chi connectivity index (χ1) is 18.1. The number of aliphatic hydroxyl groups is 1. The third-order valence-electron chi connectivity index (χ3n) is 8.80. The Hall–Kier alpha value is -3.63. The Morgan fingerprint density at radius 2 is 1.41 bits per heavy atom. The molecular weight excluding hydrogens is 458 g/mol. The molecule has 2 atom stereocenters. The molecule has 2 bridgehead atoms. The number of benzene rings is 4. The Bertz CT molecular complexity index is 1430. The largest absolute Gasteiger partial charge is 0.448 e. The molecule has 0 radical (unpaired) electrons. The number of piperidine rings is 1. The van der Waals surface area contributed by atoms with Gasteiger partial charge in [0.25, 0.3) is 0 Å². The summed E-state index contributed by atoms with van der Waals surface area (Å²) >= 11 is 0. The van der Waals surface area contributed by atoms with Crippen LogP contribution in [0.1, 0.15) is 48.3 Å². The molecular formula is C33H31NO3. The van der Waals surface area contributed by atoms with E-state index in [1.807, 2.05) is 11.0 Å². The highest BCUT2D eigenvalue weighted by Gasteiger charge is 2.50. The molecule has 4 aromatic carbocycles. The smallest absolute Gasteiger partial charge is 0.410 e. The number of rotatable bonds is 4. The molecule has 186 valence electrons. The Labute approximate surface area is 217 Å². The molecule has 7 rings (SSSR count). The predicted octanol–water partition coefficient (Wildman–Crippen LogP) is 6.69. The second kappa shape index (κ2) is 8.74. The van der Waals surface area contributed by atoms with E-state index in [0.29, 0.717) is 25.9 Å². The molecule has 37 heavy (non-hydrogen) atoms. The molecule has 2 aliphatic heterocycles. The number of fused-ring (bicyclic) bond motifs is 6. The first-order valence-electron chi connectivity index (χ1n) is 13.4. The van der Waals surface area contributed by atoms with Crippen molar-refractivity contribution in [3.63, 3.8) is 0 Å². The van der Waals surface area contributed by atoms with Gasteiger partial charge in [0.1, 0.15) is 6.61 Å². The van der Waals surface area contributed by atoms with Crippen molar-refractivity contribution >= 4 is 16.9 Å². The monoisotopic (exact) mass is 489 g/mol. The van der Waals surface area contributed by atoms with Gasteiger partial charge < -0.3 is 14.7 Å². The maximum Gasteiger partial charge on any atom is 0.410 e. The number of carbonyl (C=O) groups is 1. The van der Waals surface area contributed by atoms with Gasteiger partial charge in [0.2, 0.25) is 0 Å². The highest BCUT2D eigenvalue weighted by molar-refractivity contribution is 5.85. The van der Waals surface area contributed by atoms with Crippen LogP contribution in [-0.2, 0) is 11.2 Å². The average Bonchev–Trinajstić information content (AvgIpc) is 3.39. The highest BCUT2D eigenvalue weighted by Crippen LogP contribution is 2.46. The molecule has 3 aliphatic rings. The minimum atomic E-state index is -0.809. The first-order valence-corrected chi connectivity index (χ1v) is 13.4. The predicted molar refractivity (Wildman–Crippen MR) is 146 cm³/mol. The van der Waals surface area contributed by atoms with Crippen molar-refractivity contribution in [3.8, 4) is 11.1 Å². The van der Waals surface area contributed by atoms with E-state index in [0.717, 1.165) is 12.8 Å².